The fraction of sp³-hybridized carbons (Fsp3) is 0.889. The molecule has 0 heterocycles. The molecule has 1 aliphatic rings. The summed E-state index contributed by atoms with van der Waals surface area (Å²) in [6, 6.07) is -0.622. The number of amides is 2. The summed E-state index contributed by atoms with van der Waals surface area (Å²) >= 11 is 0. The standard InChI is InChI=1S/C9H16F3N3O/c10-9(11,12)5-15-8(16)14-4-6-1-2-7(13)3-6/h6-7H,1-5,13H2,(H2,14,15,16). The number of halogens is 3. The summed E-state index contributed by atoms with van der Waals surface area (Å²) in [5.74, 6) is 0.284. The van der Waals surface area contributed by atoms with Crippen LogP contribution in [0, 0.1) is 5.92 Å². The lowest BCUT2D eigenvalue weighted by Gasteiger charge is -2.12. The highest BCUT2D eigenvalue weighted by Crippen LogP contribution is 2.23. The first-order chi connectivity index (χ1) is 7.37. The first-order valence-electron chi connectivity index (χ1n) is 5.21. The van der Waals surface area contributed by atoms with Crippen molar-refractivity contribution >= 4 is 6.03 Å². The van der Waals surface area contributed by atoms with E-state index in [1.165, 1.54) is 0 Å². The summed E-state index contributed by atoms with van der Waals surface area (Å²) in [6.07, 6.45) is -1.72. The highest BCUT2D eigenvalue weighted by Gasteiger charge is 2.28. The number of alkyl halides is 3. The number of urea groups is 1. The van der Waals surface area contributed by atoms with E-state index in [1.807, 2.05) is 0 Å². The van der Waals surface area contributed by atoms with Gasteiger partial charge in [0.05, 0.1) is 0 Å². The van der Waals surface area contributed by atoms with E-state index >= 15 is 0 Å². The van der Waals surface area contributed by atoms with Gasteiger partial charge in [0.15, 0.2) is 0 Å². The second kappa shape index (κ2) is 5.38. The molecular weight excluding hydrogens is 223 g/mol. The van der Waals surface area contributed by atoms with E-state index in [4.69, 9.17) is 5.73 Å². The van der Waals surface area contributed by atoms with Crippen molar-refractivity contribution in [3.63, 3.8) is 0 Å². The average molecular weight is 239 g/mol. The molecule has 0 spiro atoms. The van der Waals surface area contributed by atoms with E-state index in [1.54, 1.807) is 5.32 Å². The fourth-order valence-electron chi connectivity index (χ4n) is 1.78. The quantitative estimate of drug-likeness (QED) is 0.687. The first-order valence-corrected chi connectivity index (χ1v) is 5.21. The minimum Gasteiger partial charge on any atom is -0.338 e. The van der Waals surface area contributed by atoms with Crippen molar-refractivity contribution in [1.82, 2.24) is 10.6 Å². The van der Waals surface area contributed by atoms with Gasteiger partial charge >= 0.3 is 12.2 Å². The second-order valence-corrected chi connectivity index (χ2v) is 4.12. The lowest BCUT2D eigenvalue weighted by atomic mass is 10.1. The Kier molecular flexibility index (Phi) is 4.40. The molecule has 7 heteroatoms. The van der Waals surface area contributed by atoms with Crippen LogP contribution in [0.2, 0.25) is 0 Å². The predicted molar refractivity (Wildman–Crippen MR) is 52.8 cm³/mol. The lowest BCUT2D eigenvalue weighted by Crippen LogP contribution is -2.42. The third kappa shape index (κ3) is 5.20. The molecule has 2 atom stereocenters. The third-order valence-corrected chi connectivity index (χ3v) is 2.58. The number of nitrogens with one attached hydrogen (secondary N) is 2. The van der Waals surface area contributed by atoms with Crippen molar-refractivity contribution in [2.45, 2.75) is 31.5 Å². The highest BCUT2D eigenvalue weighted by atomic mass is 19.4. The molecule has 16 heavy (non-hydrogen) atoms. The predicted octanol–water partition coefficient (Wildman–Crippen LogP) is 0.975. The van der Waals surface area contributed by atoms with E-state index in [9.17, 15) is 18.0 Å². The molecule has 0 aromatic carbocycles. The molecule has 0 bridgehead atoms. The van der Waals surface area contributed by atoms with Crippen LogP contribution >= 0.6 is 0 Å². The molecule has 4 N–H and O–H groups in total. The Morgan fingerprint density at radius 3 is 2.50 bits per heavy atom. The zero-order valence-electron chi connectivity index (χ0n) is 8.81. The van der Waals surface area contributed by atoms with Crippen LogP contribution in [0.3, 0.4) is 0 Å². The van der Waals surface area contributed by atoms with Crippen LogP contribution in [0.5, 0.6) is 0 Å². The Hall–Kier alpha value is -0.980. The van der Waals surface area contributed by atoms with Gasteiger partial charge in [-0.3, -0.25) is 0 Å². The molecule has 2 amide bonds. The van der Waals surface area contributed by atoms with E-state index in [0.717, 1.165) is 19.3 Å². The number of nitrogens with two attached hydrogens (primary N) is 1. The van der Waals surface area contributed by atoms with Crippen molar-refractivity contribution in [2.75, 3.05) is 13.1 Å². The van der Waals surface area contributed by atoms with Crippen molar-refractivity contribution in [3.05, 3.63) is 0 Å². The molecule has 0 aromatic heterocycles. The Morgan fingerprint density at radius 2 is 2.00 bits per heavy atom. The number of carbonyl (C=O) groups excluding carboxylic acids is 1. The molecule has 2 unspecified atom stereocenters. The van der Waals surface area contributed by atoms with Gasteiger partial charge in [0.1, 0.15) is 6.54 Å². The second-order valence-electron chi connectivity index (χ2n) is 4.12. The summed E-state index contributed by atoms with van der Waals surface area (Å²) in [7, 11) is 0. The van der Waals surface area contributed by atoms with Gasteiger partial charge in [-0.05, 0) is 25.2 Å². The van der Waals surface area contributed by atoms with Gasteiger partial charge in [0.25, 0.3) is 0 Å². The number of rotatable bonds is 3. The van der Waals surface area contributed by atoms with Crippen LogP contribution in [0.15, 0.2) is 0 Å². The largest absolute Gasteiger partial charge is 0.405 e. The Morgan fingerprint density at radius 1 is 1.31 bits per heavy atom. The molecule has 1 aliphatic carbocycles. The number of hydrogen-bond donors (Lipinski definition) is 3. The molecule has 0 aromatic rings. The van der Waals surface area contributed by atoms with E-state index in [-0.39, 0.29) is 12.0 Å². The number of hydrogen-bond acceptors (Lipinski definition) is 2. The summed E-state index contributed by atoms with van der Waals surface area (Å²) in [5, 5.41) is 4.16. The average Bonchev–Trinajstić information content (AvgIpc) is 2.57. The maximum absolute atomic E-state index is 11.7. The zero-order valence-corrected chi connectivity index (χ0v) is 8.81. The van der Waals surface area contributed by atoms with Gasteiger partial charge in [0.2, 0.25) is 0 Å². The zero-order chi connectivity index (χ0) is 12.2. The Labute approximate surface area is 91.8 Å². The molecule has 4 nitrogen and oxygen atoms in total. The summed E-state index contributed by atoms with van der Waals surface area (Å²) in [4.78, 5) is 11.0. The Balaban J connectivity index is 2.11. The van der Waals surface area contributed by atoms with E-state index < -0.39 is 18.8 Å². The van der Waals surface area contributed by atoms with E-state index in [0.29, 0.717) is 6.54 Å². The summed E-state index contributed by atoms with van der Waals surface area (Å²) in [6.45, 7) is -0.916. The molecule has 1 rings (SSSR count). The van der Waals surface area contributed by atoms with Gasteiger partial charge in [0, 0.05) is 12.6 Å². The minimum absolute atomic E-state index is 0.157. The van der Waals surface area contributed by atoms with Crippen LogP contribution < -0.4 is 16.4 Å². The van der Waals surface area contributed by atoms with Crippen molar-refractivity contribution in [2.24, 2.45) is 11.7 Å². The van der Waals surface area contributed by atoms with Crippen LogP contribution in [-0.2, 0) is 0 Å². The van der Waals surface area contributed by atoms with Gasteiger partial charge in [-0.2, -0.15) is 13.2 Å². The normalized spacial score (nSPS) is 25.5. The van der Waals surface area contributed by atoms with Gasteiger partial charge < -0.3 is 16.4 Å². The van der Waals surface area contributed by atoms with Gasteiger partial charge in [-0.15, -0.1) is 0 Å². The Bertz CT molecular complexity index is 245. The monoisotopic (exact) mass is 239 g/mol. The van der Waals surface area contributed by atoms with Crippen LogP contribution in [-0.4, -0.2) is 31.3 Å². The number of carbonyl (C=O) groups is 1. The topological polar surface area (TPSA) is 67.1 Å². The molecule has 1 saturated carbocycles. The molecule has 0 saturated heterocycles. The summed E-state index contributed by atoms with van der Waals surface area (Å²) in [5.41, 5.74) is 5.67. The molecule has 0 aliphatic heterocycles. The summed E-state index contributed by atoms with van der Waals surface area (Å²) < 4.78 is 35.2. The van der Waals surface area contributed by atoms with Crippen LogP contribution in [0.25, 0.3) is 0 Å². The van der Waals surface area contributed by atoms with Gasteiger partial charge in [-0.25, -0.2) is 4.79 Å². The van der Waals surface area contributed by atoms with Crippen molar-refractivity contribution in [3.8, 4) is 0 Å². The fourth-order valence-corrected chi connectivity index (χ4v) is 1.78. The van der Waals surface area contributed by atoms with Gasteiger partial charge in [-0.1, -0.05) is 0 Å². The highest BCUT2D eigenvalue weighted by molar-refractivity contribution is 5.73. The van der Waals surface area contributed by atoms with Crippen LogP contribution in [0.1, 0.15) is 19.3 Å². The minimum atomic E-state index is -4.37. The molecule has 0 radical (unpaired) electrons. The van der Waals surface area contributed by atoms with Crippen LogP contribution in [0.4, 0.5) is 18.0 Å². The first kappa shape index (κ1) is 13.1. The van der Waals surface area contributed by atoms with E-state index in [2.05, 4.69) is 5.32 Å². The van der Waals surface area contributed by atoms with Crippen molar-refractivity contribution in [1.29, 1.82) is 0 Å². The van der Waals surface area contributed by atoms with Crippen molar-refractivity contribution < 1.29 is 18.0 Å². The maximum Gasteiger partial charge on any atom is 0.405 e. The smallest absolute Gasteiger partial charge is 0.338 e. The maximum atomic E-state index is 11.7. The third-order valence-electron chi connectivity index (χ3n) is 2.58. The lowest BCUT2D eigenvalue weighted by molar-refractivity contribution is -0.122. The molecular formula is C9H16F3N3O. The SMILES string of the molecule is NC1CCC(CNC(=O)NCC(F)(F)F)C1. The molecule has 1 fully saturated rings. The molecule has 94 valence electrons.